The molecule has 0 aromatic heterocycles. The second-order valence-electron chi connectivity index (χ2n) is 10.6. The molecule has 0 saturated heterocycles. The van der Waals surface area contributed by atoms with Crippen molar-refractivity contribution in [2.24, 2.45) is 0 Å². The van der Waals surface area contributed by atoms with Gasteiger partial charge < -0.3 is 33.2 Å². The summed E-state index contributed by atoms with van der Waals surface area (Å²) in [4.78, 5) is 11.8. The van der Waals surface area contributed by atoms with E-state index in [1.807, 2.05) is 0 Å². The van der Waals surface area contributed by atoms with E-state index in [4.69, 9.17) is 33.2 Å². The fourth-order valence-electron chi connectivity index (χ4n) is 4.23. The first-order chi connectivity index (χ1) is 20.3. The minimum atomic E-state index is -0.121. The summed E-state index contributed by atoms with van der Waals surface area (Å²) in [5.74, 6) is -0.121. The van der Waals surface area contributed by atoms with Gasteiger partial charge in [0, 0.05) is 13.0 Å². The van der Waals surface area contributed by atoms with Crippen molar-refractivity contribution in [1.82, 2.24) is 0 Å². The number of rotatable bonds is 36. The molecule has 0 spiro atoms. The lowest BCUT2D eigenvalue weighted by atomic mass is 10.0. The van der Waals surface area contributed by atoms with Gasteiger partial charge in [-0.2, -0.15) is 0 Å². The van der Waals surface area contributed by atoms with Gasteiger partial charge in [0.05, 0.1) is 72.7 Å². The average molecular weight is 591 g/mol. The summed E-state index contributed by atoms with van der Waals surface area (Å²) >= 11 is 0. The number of esters is 1. The molecule has 0 N–H and O–H groups in total. The maximum absolute atomic E-state index is 11.8. The van der Waals surface area contributed by atoms with Crippen molar-refractivity contribution in [3.63, 3.8) is 0 Å². The maximum Gasteiger partial charge on any atom is 0.305 e. The summed E-state index contributed by atoms with van der Waals surface area (Å²) in [5.41, 5.74) is 0. The molecule has 0 aliphatic heterocycles. The van der Waals surface area contributed by atoms with E-state index in [0.29, 0.717) is 85.7 Å². The molecule has 0 atom stereocenters. The van der Waals surface area contributed by atoms with Crippen molar-refractivity contribution in [3.8, 4) is 0 Å². The molecule has 0 saturated carbocycles. The van der Waals surface area contributed by atoms with Gasteiger partial charge in [-0.3, -0.25) is 4.79 Å². The lowest BCUT2D eigenvalue weighted by Crippen LogP contribution is -2.15. The van der Waals surface area contributed by atoms with Crippen LogP contribution in [0.4, 0.5) is 0 Å². The molecule has 0 amide bonds. The Morgan fingerprint density at radius 1 is 0.341 bits per heavy atom. The summed E-state index contributed by atoms with van der Waals surface area (Å²) in [7, 11) is 0. The normalized spacial score (nSPS) is 11.4. The molecule has 0 fully saturated rings. The highest BCUT2D eigenvalue weighted by Gasteiger charge is 2.03. The van der Waals surface area contributed by atoms with Crippen LogP contribution in [-0.2, 0) is 38.0 Å². The van der Waals surface area contributed by atoms with Gasteiger partial charge in [-0.15, -0.1) is 0 Å². The molecule has 0 rings (SSSR count). The van der Waals surface area contributed by atoms with Crippen molar-refractivity contribution in [2.75, 3.05) is 85.9 Å². The lowest BCUT2D eigenvalue weighted by Gasteiger charge is -2.08. The standard InChI is InChI=1S/C33H66O8/c1-3-5-7-8-9-10-11-12-13-14-15-16-17-19-33(34)41-32-31-40-30-29-39-28-27-38-26-25-37-24-23-36-22-21-35-20-18-6-4-2/h3-32H2,1-2H3. The smallest absolute Gasteiger partial charge is 0.305 e. The first kappa shape index (κ1) is 40.2. The molecule has 0 aromatic carbocycles. The van der Waals surface area contributed by atoms with Crippen LogP contribution in [0.1, 0.15) is 123 Å². The fraction of sp³-hybridized carbons (Fsp3) is 0.970. The molecule has 41 heavy (non-hydrogen) atoms. The van der Waals surface area contributed by atoms with Gasteiger partial charge in [0.1, 0.15) is 6.61 Å². The van der Waals surface area contributed by atoms with E-state index in [2.05, 4.69) is 13.8 Å². The predicted octanol–water partition coefficient (Wildman–Crippen LogP) is 7.30. The number of carbonyl (C=O) groups is 1. The van der Waals surface area contributed by atoms with Crippen LogP contribution >= 0.6 is 0 Å². The van der Waals surface area contributed by atoms with Crippen LogP contribution in [0.3, 0.4) is 0 Å². The van der Waals surface area contributed by atoms with E-state index in [9.17, 15) is 4.79 Å². The minimum Gasteiger partial charge on any atom is -0.463 e. The second-order valence-corrected chi connectivity index (χ2v) is 10.6. The van der Waals surface area contributed by atoms with Crippen LogP contribution in [0, 0.1) is 0 Å². The molecular formula is C33H66O8. The molecule has 0 bridgehead atoms. The van der Waals surface area contributed by atoms with E-state index >= 15 is 0 Å². The zero-order chi connectivity index (χ0) is 29.7. The molecule has 246 valence electrons. The Bertz CT molecular complexity index is 492. The number of carbonyl (C=O) groups excluding carboxylic acids is 1. The highest BCUT2D eigenvalue weighted by atomic mass is 16.6. The van der Waals surface area contributed by atoms with Crippen LogP contribution in [0.5, 0.6) is 0 Å². The SMILES string of the molecule is CCCCCCCCCCCCCCCC(=O)OCCOCCOCCOCCOCCOCCOCCCCC. The molecule has 0 aromatic rings. The fourth-order valence-corrected chi connectivity index (χ4v) is 4.23. The van der Waals surface area contributed by atoms with E-state index < -0.39 is 0 Å². The summed E-state index contributed by atoms with van der Waals surface area (Å²) in [5, 5.41) is 0. The third-order valence-electron chi connectivity index (χ3n) is 6.73. The van der Waals surface area contributed by atoms with Crippen molar-refractivity contribution in [3.05, 3.63) is 0 Å². The van der Waals surface area contributed by atoms with Crippen LogP contribution in [0.15, 0.2) is 0 Å². The predicted molar refractivity (Wildman–Crippen MR) is 166 cm³/mol. The quantitative estimate of drug-likeness (QED) is 0.0555. The van der Waals surface area contributed by atoms with Gasteiger partial charge in [0.15, 0.2) is 0 Å². The minimum absolute atomic E-state index is 0.121. The van der Waals surface area contributed by atoms with Crippen molar-refractivity contribution >= 4 is 5.97 Å². The summed E-state index contributed by atoms with van der Waals surface area (Å²) in [6.45, 7) is 11.4. The second kappa shape index (κ2) is 37.3. The number of hydrogen-bond donors (Lipinski definition) is 0. The Morgan fingerprint density at radius 3 is 1.02 bits per heavy atom. The number of unbranched alkanes of at least 4 members (excludes halogenated alkanes) is 14. The van der Waals surface area contributed by atoms with Crippen LogP contribution in [0.25, 0.3) is 0 Å². The van der Waals surface area contributed by atoms with Crippen molar-refractivity contribution < 1.29 is 38.0 Å². The van der Waals surface area contributed by atoms with Gasteiger partial charge in [-0.25, -0.2) is 0 Å². The maximum atomic E-state index is 11.8. The first-order valence-corrected chi connectivity index (χ1v) is 16.9. The third-order valence-corrected chi connectivity index (χ3v) is 6.73. The Labute approximate surface area is 252 Å². The van der Waals surface area contributed by atoms with Gasteiger partial charge in [-0.1, -0.05) is 104 Å². The molecular weight excluding hydrogens is 524 g/mol. The Kier molecular flexibility index (Phi) is 36.6. The van der Waals surface area contributed by atoms with Crippen molar-refractivity contribution in [1.29, 1.82) is 0 Å². The van der Waals surface area contributed by atoms with E-state index in [0.717, 1.165) is 25.9 Å². The van der Waals surface area contributed by atoms with Gasteiger partial charge in [0.25, 0.3) is 0 Å². The molecule has 0 unspecified atom stereocenters. The van der Waals surface area contributed by atoms with Crippen LogP contribution in [0.2, 0.25) is 0 Å². The van der Waals surface area contributed by atoms with Crippen LogP contribution < -0.4 is 0 Å². The molecule has 0 heterocycles. The Balaban J connectivity index is 3.13. The van der Waals surface area contributed by atoms with Gasteiger partial charge in [0.2, 0.25) is 0 Å². The first-order valence-electron chi connectivity index (χ1n) is 16.9. The summed E-state index contributed by atoms with van der Waals surface area (Å²) in [6.07, 6.45) is 21.0. The molecule has 0 aliphatic carbocycles. The van der Waals surface area contributed by atoms with E-state index in [-0.39, 0.29) is 5.97 Å². The van der Waals surface area contributed by atoms with E-state index in [1.54, 1.807) is 0 Å². The Hall–Kier alpha value is -0.770. The monoisotopic (exact) mass is 590 g/mol. The van der Waals surface area contributed by atoms with Gasteiger partial charge in [-0.05, 0) is 12.8 Å². The third kappa shape index (κ3) is 37.2. The average Bonchev–Trinajstić information content (AvgIpc) is 2.98. The zero-order valence-electron chi connectivity index (χ0n) is 27.0. The number of hydrogen-bond acceptors (Lipinski definition) is 8. The van der Waals surface area contributed by atoms with Gasteiger partial charge >= 0.3 is 5.97 Å². The Morgan fingerprint density at radius 2 is 0.634 bits per heavy atom. The van der Waals surface area contributed by atoms with Crippen molar-refractivity contribution in [2.45, 2.75) is 123 Å². The topological polar surface area (TPSA) is 81.7 Å². The highest BCUT2D eigenvalue weighted by molar-refractivity contribution is 5.69. The summed E-state index contributed by atoms with van der Waals surface area (Å²) < 4.78 is 38.1. The molecule has 0 aliphatic rings. The number of ether oxygens (including phenoxy) is 7. The lowest BCUT2D eigenvalue weighted by molar-refractivity contribution is -0.145. The van der Waals surface area contributed by atoms with E-state index in [1.165, 1.54) is 83.5 Å². The molecule has 8 heteroatoms. The molecule has 8 nitrogen and oxygen atoms in total. The molecule has 0 radical (unpaired) electrons. The highest BCUT2D eigenvalue weighted by Crippen LogP contribution is 2.13. The summed E-state index contributed by atoms with van der Waals surface area (Å²) in [6, 6.07) is 0. The van der Waals surface area contributed by atoms with Crippen LogP contribution in [-0.4, -0.2) is 91.9 Å². The zero-order valence-corrected chi connectivity index (χ0v) is 27.0. The largest absolute Gasteiger partial charge is 0.463 e.